The van der Waals surface area contributed by atoms with Gasteiger partial charge in [-0.05, 0) is 36.0 Å². The van der Waals surface area contributed by atoms with E-state index in [0.717, 1.165) is 5.56 Å². The molecular formula is C18H25N3O3S. The topological polar surface area (TPSA) is 76.3 Å². The van der Waals surface area contributed by atoms with Crippen molar-refractivity contribution in [2.24, 2.45) is 0 Å². The molecule has 0 bridgehead atoms. The van der Waals surface area contributed by atoms with Crippen LogP contribution in [0.25, 0.3) is 0 Å². The standard InChI is InChI=1S/C18H25N3O3S/c1-13-19-20-17(24-13)14-9-11-21(12-10-14)25(22,23)16-7-5-15(6-8-16)18(2,3)4/h5-8,14H,9-12H2,1-4H3. The molecular weight excluding hydrogens is 338 g/mol. The summed E-state index contributed by atoms with van der Waals surface area (Å²) >= 11 is 0. The van der Waals surface area contributed by atoms with E-state index in [2.05, 4.69) is 31.0 Å². The van der Waals surface area contributed by atoms with Crippen LogP contribution in [-0.2, 0) is 15.4 Å². The average molecular weight is 363 g/mol. The molecule has 0 atom stereocenters. The molecule has 2 heterocycles. The smallest absolute Gasteiger partial charge is 0.243 e. The largest absolute Gasteiger partial charge is 0.425 e. The van der Waals surface area contributed by atoms with E-state index < -0.39 is 10.0 Å². The third-order valence-corrected chi connectivity index (χ3v) is 6.62. The van der Waals surface area contributed by atoms with Gasteiger partial charge in [0.05, 0.1) is 4.90 Å². The molecule has 3 rings (SSSR count). The Bertz CT molecular complexity index is 827. The van der Waals surface area contributed by atoms with Crippen molar-refractivity contribution in [3.8, 4) is 0 Å². The first-order valence-electron chi connectivity index (χ1n) is 8.58. The molecule has 0 saturated carbocycles. The number of aryl methyl sites for hydroxylation is 1. The molecule has 6 nitrogen and oxygen atoms in total. The predicted octanol–water partition coefficient (Wildman–Crippen LogP) is 3.24. The molecule has 0 unspecified atom stereocenters. The van der Waals surface area contributed by atoms with Gasteiger partial charge < -0.3 is 4.42 Å². The minimum Gasteiger partial charge on any atom is -0.425 e. The summed E-state index contributed by atoms with van der Waals surface area (Å²) < 4.78 is 32.8. The molecule has 1 aromatic carbocycles. The summed E-state index contributed by atoms with van der Waals surface area (Å²) in [5, 5.41) is 7.92. The van der Waals surface area contributed by atoms with E-state index in [4.69, 9.17) is 4.42 Å². The molecule has 7 heteroatoms. The van der Waals surface area contributed by atoms with Gasteiger partial charge in [-0.1, -0.05) is 32.9 Å². The molecule has 0 amide bonds. The molecule has 2 aromatic rings. The summed E-state index contributed by atoms with van der Waals surface area (Å²) in [5.74, 6) is 1.30. The van der Waals surface area contributed by atoms with Crippen LogP contribution in [0.15, 0.2) is 33.6 Å². The van der Waals surface area contributed by atoms with E-state index >= 15 is 0 Å². The number of sulfonamides is 1. The zero-order valence-electron chi connectivity index (χ0n) is 15.2. The van der Waals surface area contributed by atoms with Crippen LogP contribution in [0, 0.1) is 6.92 Å². The zero-order valence-corrected chi connectivity index (χ0v) is 16.0. The second-order valence-electron chi connectivity index (χ2n) is 7.61. The highest BCUT2D eigenvalue weighted by molar-refractivity contribution is 7.89. The van der Waals surface area contributed by atoms with Gasteiger partial charge >= 0.3 is 0 Å². The fourth-order valence-electron chi connectivity index (χ4n) is 3.10. The molecule has 1 aliphatic rings. The van der Waals surface area contributed by atoms with Gasteiger partial charge in [0.25, 0.3) is 0 Å². The lowest BCUT2D eigenvalue weighted by molar-refractivity contribution is 0.288. The minimum absolute atomic E-state index is 0.00282. The Morgan fingerprint density at radius 2 is 1.68 bits per heavy atom. The van der Waals surface area contributed by atoms with E-state index in [1.807, 2.05) is 12.1 Å². The summed E-state index contributed by atoms with van der Waals surface area (Å²) in [6, 6.07) is 7.23. The van der Waals surface area contributed by atoms with Gasteiger partial charge in [-0.2, -0.15) is 4.31 Å². The van der Waals surface area contributed by atoms with Gasteiger partial charge in [0.2, 0.25) is 21.8 Å². The average Bonchev–Trinajstić information content (AvgIpc) is 3.01. The van der Waals surface area contributed by atoms with Crippen LogP contribution < -0.4 is 0 Å². The second kappa shape index (κ2) is 6.53. The maximum atomic E-state index is 12.9. The van der Waals surface area contributed by atoms with Crippen molar-refractivity contribution < 1.29 is 12.8 Å². The number of rotatable bonds is 3. The predicted molar refractivity (Wildman–Crippen MR) is 94.9 cm³/mol. The van der Waals surface area contributed by atoms with Crippen molar-refractivity contribution >= 4 is 10.0 Å². The van der Waals surface area contributed by atoms with Gasteiger partial charge in [0.1, 0.15) is 0 Å². The minimum atomic E-state index is -3.46. The van der Waals surface area contributed by atoms with E-state index in [1.54, 1.807) is 23.4 Å². The van der Waals surface area contributed by atoms with Gasteiger partial charge in [0.15, 0.2) is 0 Å². The van der Waals surface area contributed by atoms with Crippen LogP contribution in [0.4, 0.5) is 0 Å². The highest BCUT2D eigenvalue weighted by Crippen LogP contribution is 2.30. The van der Waals surface area contributed by atoms with Crippen LogP contribution in [0.5, 0.6) is 0 Å². The molecule has 1 saturated heterocycles. The van der Waals surface area contributed by atoms with Crippen molar-refractivity contribution in [1.29, 1.82) is 0 Å². The SMILES string of the molecule is Cc1nnc(C2CCN(S(=O)(=O)c3ccc(C(C)(C)C)cc3)CC2)o1. The van der Waals surface area contributed by atoms with Crippen molar-refractivity contribution in [3.05, 3.63) is 41.6 Å². The molecule has 25 heavy (non-hydrogen) atoms. The van der Waals surface area contributed by atoms with E-state index in [9.17, 15) is 8.42 Å². The lowest BCUT2D eigenvalue weighted by atomic mass is 9.87. The summed E-state index contributed by atoms with van der Waals surface area (Å²) in [6.45, 7) is 9.03. The number of aromatic nitrogens is 2. The van der Waals surface area contributed by atoms with E-state index in [-0.39, 0.29) is 11.3 Å². The van der Waals surface area contributed by atoms with Crippen molar-refractivity contribution in [3.63, 3.8) is 0 Å². The first kappa shape index (κ1) is 18.1. The number of benzene rings is 1. The summed E-state index contributed by atoms with van der Waals surface area (Å²) in [4.78, 5) is 0.354. The quantitative estimate of drug-likeness (QED) is 0.837. The van der Waals surface area contributed by atoms with Gasteiger partial charge in [-0.15, -0.1) is 10.2 Å². The molecule has 0 spiro atoms. The van der Waals surface area contributed by atoms with Gasteiger partial charge in [-0.25, -0.2) is 8.42 Å². The Morgan fingerprint density at radius 3 is 2.16 bits per heavy atom. The summed E-state index contributed by atoms with van der Waals surface area (Å²) in [6.07, 6.45) is 1.39. The molecule has 136 valence electrons. The van der Waals surface area contributed by atoms with Crippen molar-refractivity contribution in [1.82, 2.24) is 14.5 Å². The van der Waals surface area contributed by atoms with Crippen LogP contribution in [0.1, 0.15) is 56.9 Å². The molecule has 1 fully saturated rings. The Kier molecular flexibility index (Phi) is 4.72. The van der Waals surface area contributed by atoms with Crippen LogP contribution in [0.3, 0.4) is 0 Å². The van der Waals surface area contributed by atoms with Gasteiger partial charge in [0, 0.05) is 25.9 Å². The van der Waals surface area contributed by atoms with Crippen molar-refractivity contribution in [2.45, 2.75) is 56.8 Å². The molecule has 1 aromatic heterocycles. The molecule has 1 aliphatic heterocycles. The van der Waals surface area contributed by atoms with E-state index in [0.29, 0.717) is 42.6 Å². The van der Waals surface area contributed by atoms with Crippen LogP contribution in [0.2, 0.25) is 0 Å². The highest BCUT2D eigenvalue weighted by atomic mass is 32.2. The number of hydrogen-bond acceptors (Lipinski definition) is 5. The fraction of sp³-hybridized carbons (Fsp3) is 0.556. The summed E-state index contributed by atoms with van der Waals surface area (Å²) in [7, 11) is -3.46. The normalized spacial score (nSPS) is 17.8. The Morgan fingerprint density at radius 1 is 1.08 bits per heavy atom. The number of hydrogen-bond donors (Lipinski definition) is 0. The third-order valence-electron chi connectivity index (χ3n) is 4.70. The summed E-state index contributed by atoms with van der Waals surface area (Å²) in [5.41, 5.74) is 1.12. The maximum Gasteiger partial charge on any atom is 0.243 e. The number of nitrogens with zero attached hydrogens (tertiary/aromatic N) is 3. The maximum absolute atomic E-state index is 12.9. The second-order valence-corrected chi connectivity index (χ2v) is 9.55. The Hall–Kier alpha value is -1.73. The third kappa shape index (κ3) is 3.77. The lowest BCUT2D eigenvalue weighted by Gasteiger charge is -2.29. The Balaban J connectivity index is 1.71. The fourth-order valence-corrected chi connectivity index (χ4v) is 4.57. The molecule has 0 radical (unpaired) electrons. The Labute approximate surface area is 149 Å². The number of piperidine rings is 1. The monoisotopic (exact) mass is 363 g/mol. The van der Waals surface area contributed by atoms with E-state index in [1.165, 1.54) is 0 Å². The highest BCUT2D eigenvalue weighted by Gasteiger charge is 2.32. The van der Waals surface area contributed by atoms with Gasteiger partial charge in [-0.3, -0.25) is 0 Å². The first-order chi connectivity index (χ1) is 11.7. The zero-order chi connectivity index (χ0) is 18.2. The first-order valence-corrected chi connectivity index (χ1v) is 10.0. The molecule has 0 aliphatic carbocycles. The van der Waals surface area contributed by atoms with Crippen LogP contribution >= 0.6 is 0 Å². The van der Waals surface area contributed by atoms with Crippen LogP contribution in [-0.4, -0.2) is 36.0 Å². The molecule has 0 N–H and O–H groups in total. The lowest BCUT2D eigenvalue weighted by Crippen LogP contribution is -2.38. The van der Waals surface area contributed by atoms with Crippen molar-refractivity contribution in [2.75, 3.05) is 13.1 Å².